The summed E-state index contributed by atoms with van der Waals surface area (Å²) in [5, 5.41) is 13.6. The molecule has 0 fully saturated rings. The van der Waals surface area contributed by atoms with E-state index in [2.05, 4.69) is 15.5 Å². The maximum Gasteiger partial charge on any atom is 0.258 e. The molecule has 0 aliphatic rings. The standard InChI is InChI=1S/C10H10N4O3S/c11-18(16,17)9-4-2-1-3-8(9)14-10(15)7-5-12-13-6-7/h1-6H,(H,12,13)(H,14,15)(H2,11,16,17). The molecule has 1 heterocycles. The number of sulfonamides is 1. The van der Waals surface area contributed by atoms with Crippen LogP contribution >= 0.6 is 0 Å². The molecule has 2 rings (SSSR count). The number of amides is 1. The summed E-state index contributed by atoms with van der Waals surface area (Å²) in [6.07, 6.45) is 2.73. The number of aromatic amines is 1. The van der Waals surface area contributed by atoms with Crippen molar-refractivity contribution >= 4 is 21.6 Å². The van der Waals surface area contributed by atoms with E-state index >= 15 is 0 Å². The summed E-state index contributed by atoms with van der Waals surface area (Å²) < 4.78 is 22.7. The van der Waals surface area contributed by atoms with Crippen molar-refractivity contribution in [2.24, 2.45) is 5.14 Å². The molecule has 7 nitrogen and oxygen atoms in total. The van der Waals surface area contributed by atoms with E-state index in [0.29, 0.717) is 5.56 Å². The van der Waals surface area contributed by atoms with Crippen molar-refractivity contribution in [2.45, 2.75) is 4.90 Å². The first-order chi connectivity index (χ1) is 8.48. The van der Waals surface area contributed by atoms with Gasteiger partial charge in [0.1, 0.15) is 4.90 Å². The monoisotopic (exact) mass is 266 g/mol. The fourth-order valence-corrected chi connectivity index (χ4v) is 2.08. The molecule has 0 atom stereocenters. The van der Waals surface area contributed by atoms with Crippen LogP contribution in [0.1, 0.15) is 10.4 Å². The van der Waals surface area contributed by atoms with Crippen molar-refractivity contribution in [3.05, 3.63) is 42.2 Å². The molecule has 8 heteroatoms. The van der Waals surface area contributed by atoms with Gasteiger partial charge < -0.3 is 5.32 Å². The minimum Gasteiger partial charge on any atom is -0.321 e. The maximum absolute atomic E-state index is 11.7. The smallest absolute Gasteiger partial charge is 0.258 e. The first kappa shape index (κ1) is 12.3. The van der Waals surface area contributed by atoms with Crippen LogP contribution in [0.15, 0.2) is 41.6 Å². The Balaban J connectivity index is 2.33. The average molecular weight is 266 g/mol. The molecule has 1 aromatic heterocycles. The van der Waals surface area contributed by atoms with Crippen LogP contribution in [0.25, 0.3) is 0 Å². The summed E-state index contributed by atoms with van der Waals surface area (Å²) in [5.41, 5.74) is 0.422. The van der Waals surface area contributed by atoms with Crippen molar-refractivity contribution in [1.29, 1.82) is 0 Å². The summed E-state index contributed by atoms with van der Waals surface area (Å²) in [6, 6.07) is 5.89. The predicted molar refractivity (Wildman–Crippen MR) is 64.4 cm³/mol. The molecule has 0 bridgehead atoms. The Kier molecular flexibility index (Phi) is 3.13. The molecule has 0 unspecified atom stereocenters. The number of nitrogens with zero attached hydrogens (tertiary/aromatic N) is 1. The van der Waals surface area contributed by atoms with Gasteiger partial charge in [-0.05, 0) is 12.1 Å². The Morgan fingerprint density at radius 2 is 2.06 bits per heavy atom. The largest absolute Gasteiger partial charge is 0.321 e. The number of H-pyrrole nitrogens is 1. The van der Waals surface area contributed by atoms with Crippen LogP contribution in [-0.4, -0.2) is 24.5 Å². The molecule has 1 aromatic carbocycles. The number of carbonyl (C=O) groups is 1. The van der Waals surface area contributed by atoms with Gasteiger partial charge in [-0.25, -0.2) is 13.6 Å². The van der Waals surface area contributed by atoms with Crippen LogP contribution in [0, 0.1) is 0 Å². The summed E-state index contributed by atoms with van der Waals surface area (Å²) in [7, 11) is -3.89. The number of primary sulfonamides is 1. The Bertz CT molecular complexity index is 664. The predicted octanol–water partition coefficient (Wildman–Crippen LogP) is 0.309. The minimum absolute atomic E-state index is 0.131. The average Bonchev–Trinajstić information content (AvgIpc) is 2.81. The van der Waals surface area contributed by atoms with Crippen molar-refractivity contribution < 1.29 is 13.2 Å². The molecular weight excluding hydrogens is 256 g/mol. The van der Waals surface area contributed by atoms with Gasteiger partial charge in [0.2, 0.25) is 10.0 Å². The Labute approximate surface area is 103 Å². The van der Waals surface area contributed by atoms with Gasteiger partial charge in [0, 0.05) is 6.20 Å². The Morgan fingerprint density at radius 1 is 1.33 bits per heavy atom. The molecule has 18 heavy (non-hydrogen) atoms. The molecular formula is C10H10N4O3S. The van der Waals surface area contributed by atoms with E-state index in [4.69, 9.17) is 5.14 Å². The quantitative estimate of drug-likeness (QED) is 0.740. The number of benzene rings is 1. The van der Waals surface area contributed by atoms with E-state index in [1.54, 1.807) is 6.07 Å². The van der Waals surface area contributed by atoms with Gasteiger partial charge in [-0.2, -0.15) is 5.10 Å². The van der Waals surface area contributed by atoms with Gasteiger partial charge in [-0.15, -0.1) is 0 Å². The topological polar surface area (TPSA) is 118 Å². The van der Waals surface area contributed by atoms with Gasteiger partial charge >= 0.3 is 0 Å². The van der Waals surface area contributed by atoms with Crippen molar-refractivity contribution in [3.63, 3.8) is 0 Å². The lowest BCUT2D eigenvalue weighted by Crippen LogP contribution is -2.18. The zero-order valence-corrected chi connectivity index (χ0v) is 9.94. The highest BCUT2D eigenvalue weighted by atomic mass is 32.2. The van der Waals surface area contributed by atoms with Crippen LogP contribution in [0.2, 0.25) is 0 Å². The van der Waals surface area contributed by atoms with Crippen LogP contribution in [0.5, 0.6) is 0 Å². The van der Waals surface area contributed by atoms with Crippen molar-refractivity contribution in [3.8, 4) is 0 Å². The van der Waals surface area contributed by atoms with Crippen molar-refractivity contribution in [2.75, 3.05) is 5.32 Å². The summed E-state index contributed by atoms with van der Waals surface area (Å²) in [6.45, 7) is 0. The maximum atomic E-state index is 11.7. The normalized spacial score (nSPS) is 11.2. The molecule has 0 saturated heterocycles. The van der Waals surface area contributed by atoms with Gasteiger partial charge in [-0.3, -0.25) is 9.89 Å². The van der Waals surface area contributed by atoms with E-state index in [0.717, 1.165) is 0 Å². The van der Waals surface area contributed by atoms with Gasteiger partial charge in [0.05, 0.1) is 17.4 Å². The fraction of sp³-hybridized carbons (Fsp3) is 0. The first-order valence-electron chi connectivity index (χ1n) is 4.90. The Hall–Kier alpha value is -2.19. The number of hydrogen-bond donors (Lipinski definition) is 3. The van der Waals surface area contributed by atoms with Crippen molar-refractivity contribution in [1.82, 2.24) is 10.2 Å². The molecule has 0 aliphatic carbocycles. The second kappa shape index (κ2) is 4.59. The SMILES string of the molecule is NS(=O)(=O)c1ccccc1NC(=O)c1cn[nH]c1. The van der Waals surface area contributed by atoms with Gasteiger partial charge in [-0.1, -0.05) is 12.1 Å². The third kappa shape index (κ3) is 2.55. The lowest BCUT2D eigenvalue weighted by molar-refractivity contribution is 0.102. The highest BCUT2D eigenvalue weighted by Crippen LogP contribution is 2.19. The van der Waals surface area contributed by atoms with E-state index in [-0.39, 0.29) is 10.6 Å². The zero-order valence-electron chi connectivity index (χ0n) is 9.12. The summed E-state index contributed by atoms with van der Waals surface area (Å²) in [5.74, 6) is -0.472. The number of hydrogen-bond acceptors (Lipinski definition) is 4. The summed E-state index contributed by atoms with van der Waals surface area (Å²) in [4.78, 5) is 11.6. The highest BCUT2D eigenvalue weighted by molar-refractivity contribution is 7.89. The molecule has 0 saturated carbocycles. The fourth-order valence-electron chi connectivity index (χ4n) is 1.39. The van der Waals surface area contributed by atoms with Crippen LogP contribution < -0.4 is 10.5 Å². The molecule has 1 amide bonds. The third-order valence-corrected chi connectivity index (χ3v) is 3.17. The number of anilines is 1. The molecule has 0 spiro atoms. The second-order valence-corrected chi connectivity index (χ2v) is 5.01. The summed E-state index contributed by atoms with van der Waals surface area (Å²) >= 11 is 0. The van der Waals surface area contributed by atoms with Crippen LogP contribution in [-0.2, 0) is 10.0 Å². The third-order valence-electron chi connectivity index (χ3n) is 2.20. The van der Waals surface area contributed by atoms with E-state index in [1.807, 2.05) is 0 Å². The molecule has 2 aromatic rings. The minimum atomic E-state index is -3.89. The van der Waals surface area contributed by atoms with E-state index in [1.165, 1.54) is 30.6 Å². The number of para-hydroxylation sites is 1. The number of nitrogens with one attached hydrogen (secondary N) is 2. The van der Waals surface area contributed by atoms with E-state index < -0.39 is 15.9 Å². The number of carbonyl (C=O) groups excluding carboxylic acids is 1. The van der Waals surface area contributed by atoms with Crippen LogP contribution in [0.3, 0.4) is 0 Å². The lowest BCUT2D eigenvalue weighted by Gasteiger charge is -2.08. The molecule has 0 radical (unpaired) electrons. The first-order valence-corrected chi connectivity index (χ1v) is 6.45. The lowest BCUT2D eigenvalue weighted by atomic mass is 10.3. The molecule has 0 aliphatic heterocycles. The van der Waals surface area contributed by atoms with Gasteiger partial charge in [0.15, 0.2) is 0 Å². The highest BCUT2D eigenvalue weighted by Gasteiger charge is 2.15. The van der Waals surface area contributed by atoms with Gasteiger partial charge in [0.25, 0.3) is 5.91 Å². The number of aromatic nitrogens is 2. The van der Waals surface area contributed by atoms with Crippen LogP contribution in [0.4, 0.5) is 5.69 Å². The molecule has 4 N–H and O–H groups in total. The number of nitrogens with two attached hydrogens (primary N) is 1. The zero-order chi connectivity index (χ0) is 13.2. The number of rotatable bonds is 3. The van der Waals surface area contributed by atoms with E-state index in [9.17, 15) is 13.2 Å². The second-order valence-electron chi connectivity index (χ2n) is 3.48. The Morgan fingerprint density at radius 3 is 2.67 bits per heavy atom. The molecule has 94 valence electrons.